The Labute approximate surface area is 173 Å². The number of carbonyl (C=O) groups excluding carboxylic acids is 4. The third-order valence-electron chi connectivity index (χ3n) is 5.05. The van der Waals surface area contributed by atoms with Gasteiger partial charge in [-0.15, -0.1) is 0 Å². The summed E-state index contributed by atoms with van der Waals surface area (Å²) >= 11 is 0. The lowest BCUT2D eigenvalue weighted by molar-refractivity contribution is -0.139. The van der Waals surface area contributed by atoms with Crippen molar-refractivity contribution < 1.29 is 37.1 Å². The first kappa shape index (κ1) is 20.4. The molecule has 11 heteroatoms. The first-order valence-electron chi connectivity index (χ1n) is 9.06. The van der Waals surface area contributed by atoms with Gasteiger partial charge in [-0.25, -0.2) is 4.79 Å². The van der Waals surface area contributed by atoms with Gasteiger partial charge in [0.1, 0.15) is 11.5 Å². The summed E-state index contributed by atoms with van der Waals surface area (Å²) in [6, 6.07) is 8.90. The van der Waals surface area contributed by atoms with Crippen LogP contribution in [0.4, 0.5) is 23.7 Å². The zero-order chi connectivity index (χ0) is 22.4. The van der Waals surface area contributed by atoms with Crippen LogP contribution in [-0.2, 0) is 20.6 Å². The number of hydrogen-bond acceptors (Lipinski definition) is 5. The predicted octanol–water partition coefficient (Wildman–Crippen LogP) is 2.73. The van der Waals surface area contributed by atoms with Gasteiger partial charge in [-0.1, -0.05) is 0 Å². The van der Waals surface area contributed by atoms with E-state index >= 15 is 0 Å². The number of benzene rings is 2. The lowest BCUT2D eigenvalue weighted by atomic mass is 9.91. The van der Waals surface area contributed by atoms with Crippen molar-refractivity contribution in [1.82, 2.24) is 10.6 Å². The zero-order valence-electron chi connectivity index (χ0n) is 15.7. The Bertz CT molecular complexity index is 1060. The normalized spacial score (nSPS) is 18.2. The number of hydrogen-bond donors (Lipinski definition) is 2. The fourth-order valence-corrected chi connectivity index (χ4v) is 3.58. The van der Waals surface area contributed by atoms with E-state index in [9.17, 15) is 32.3 Å². The molecular formula is C20H14F3N3O5. The summed E-state index contributed by atoms with van der Waals surface area (Å²) in [4.78, 5) is 49.9. The molecule has 0 aromatic heterocycles. The van der Waals surface area contributed by atoms with E-state index in [0.29, 0.717) is 0 Å². The molecule has 0 bridgehead atoms. The first-order valence-corrected chi connectivity index (χ1v) is 9.06. The molecule has 2 fully saturated rings. The number of ether oxygens (including phenoxy) is 1. The molecule has 2 heterocycles. The second kappa shape index (κ2) is 7.11. The van der Waals surface area contributed by atoms with E-state index in [1.165, 1.54) is 36.4 Å². The van der Waals surface area contributed by atoms with Gasteiger partial charge in [-0.2, -0.15) is 13.2 Å². The van der Waals surface area contributed by atoms with Crippen LogP contribution in [0.1, 0.15) is 18.4 Å². The van der Waals surface area contributed by atoms with Crippen LogP contribution in [0.5, 0.6) is 11.5 Å². The van der Waals surface area contributed by atoms with Crippen molar-refractivity contribution in [3.63, 3.8) is 0 Å². The van der Waals surface area contributed by atoms with E-state index in [1.807, 2.05) is 10.6 Å². The molecule has 2 aliphatic heterocycles. The minimum Gasteiger partial charge on any atom is -0.457 e. The Morgan fingerprint density at radius 1 is 0.839 bits per heavy atom. The summed E-state index contributed by atoms with van der Waals surface area (Å²) < 4.78 is 43.5. The molecule has 0 radical (unpaired) electrons. The van der Waals surface area contributed by atoms with Gasteiger partial charge >= 0.3 is 12.2 Å². The van der Waals surface area contributed by atoms with Crippen molar-refractivity contribution in [3.05, 3.63) is 54.1 Å². The minimum absolute atomic E-state index is 0.0706. The number of imide groups is 2. The summed E-state index contributed by atoms with van der Waals surface area (Å²) in [5, 5.41) is 4.03. The van der Waals surface area contributed by atoms with Gasteiger partial charge in [0, 0.05) is 12.1 Å². The SMILES string of the molecule is O=C1NC(=O)C2(CCC(=O)N2c2ccc(Oc3ccc(C(F)(F)F)cc3)cc2)C(=O)N1. The average Bonchev–Trinajstić information content (AvgIpc) is 3.05. The number of alkyl halides is 3. The number of barbiturate groups is 1. The Morgan fingerprint density at radius 2 is 1.35 bits per heavy atom. The zero-order valence-corrected chi connectivity index (χ0v) is 15.7. The maximum Gasteiger partial charge on any atom is 0.416 e. The molecule has 2 aliphatic rings. The Kier molecular flexibility index (Phi) is 4.68. The van der Waals surface area contributed by atoms with Gasteiger partial charge in [-0.05, 0) is 55.0 Å². The molecule has 160 valence electrons. The number of nitrogens with one attached hydrogen (secondary N) is 2. The first-order chi connectivity index (χ1) is 14.6. The van der Waals surface area contributed by atoms with Crippen molar-refractivity contribution in [2.45, 2.75) is 24.6 Å². The van der Waals surface area contributed by atoms with Crippen LogP contribution in [0.15, 0.2) is 48.5 Å². The third kappa shape index (κ3) is 3.47. The number of anilines is 1. The average molecular weight is 433 g/mol. The van der Waals surface area contributed by atoms with Crippen LogP contribution >= 0.6 is 0 Å². The smallest absolute Gasteiger partial charge is 0.416 e. The van der Waals surface area contributed by atoms with E-state index in [2.05, 4.69) is 0 Å². The molecule has 0 atom stereocenters. The maximum atomic E-state index is 12.6. The number of nitrogens with zero attached hydrogens (tertiary/aromatic N) is 1. The Hall–Kier alpha value is -3.89. The highest BCUT2D eigenvalue weighted by Gasteiger charge is 2.60. The van der Waals surface area contributed by atoms with Gasteiger partial charge in [0.25, 0.3) is 11.8 Å². The van der Waals surface area contributed by atoms with E-state index in [4.69, 9.17) is 4.74 Å². The summed E-state index contributed by atoms with van der Waals surface area (Å²) in [7, 11) is 0. The van der Waals surface area contributed by atoms with Gasteiger partial charge in [0.2, 0.25) is 11.4 Å². The van der Waals surface area contributed by atoms with Gasteiger partial charge in [-0.3, -0.25) is 29.9 Å². The van der Waals surface area contributed by atoms with Crippen LogP contribution < -0.4 is 20.3 Å². The highest BCUT2D eigenvalue weighted by molar-refractivity contribution is 6.28. The molecule has 2 saturated heterocycles. The maximum absolute atomic E-state index is 12.6. The topological polar surface area (TPSA) is 105 Å². The number of rotatable bonds is 3. The number of carbonyl (C=O) groups is 4. The van der Waals surface area contributed by atoms with Gasteiger partial charge < -0.3 is 4.74 Å². The van der Waals surface area contributed by atoms with Gasteiger partial charge in [0.15, 0.2) is 0 Å². The van der Waals surface area contributed by atoms with Crippen molar-refractivity contribution in [2.75, 3.05) is 4.90 Å². The highest BCUT2D eigenvalue weighted by Crippen LogP contribution is 2.38. The lowest BCUT2D eigenvalue weighted by Gasteiger charge is -2.37. The monoisotopic (exact) mass is 433 g/mol. The molecule has 8 nitrogen and oxygen atoms in total. The molecule has 5 amide bonds. The quantitative estimate of drug-likeness (QED) is 0.725. The van der Waals surface area contributed by atoms with E-state index in [1.54, 1.807) is 0 Å². The molecule has 1 spiro atoms. The second-order valence-corrected chi connectivity index (χ2v) is 6.94. The van der Waals surface area contributed by atoms with E-state index < -0.39 is 41.0 Å². The molecule has 2 aromatic rings. The van der Waals surface area contributed by atoms with Crippen LogP contribution in [-0.4, -0.2) is 29.3 Å². The fourth-order valence-electron chi connectivity index (χ4n) is 3.58. The number of urea groups is 1. The van der Waals surface area contributed by atoms with Crippen LogP contribution in [0.25, 0.3) is 0 Å². The van der Waals surface area contributed by atoms with Crippen molar-refractivity contribution >= 4 is 29.4 Å². The number of halogens is 3. The standard InChI is InChI=1S/C20H14F3N3O5/c21-20(22,23)11-1-5-13(6-2-11)31-14-7-3-12(4-8-14)26-15(27)9-10-19(26)16(28)24-18(30)25-17(19)29/h1-8H,9-10H2,(H2,24,25,28,29,30). The summed E-state index contributed by atoms with van der Waals surface area (Å²) in [6.07, 6.45) is -4.62. The largest absolute Gasteiger partial charge is 0.457 e. The molecule has 4 rings (SSSR count). The summed E-state index contributed by atoms with van der Waals surface area (Å²) in [6.45, 7) is 0. The molecule has 2 N–H and O–H groups in total. The molecule has 0 unspecified atom stereocenters. The van der Waals surface area contributed by atoms with Crippen LogP contribution in [0.3, 0.4) is 0 Å². The lowest BCUT2D eigenvalue weighted by Crippen LogP contribution is -2.72. The van der Waals surface area contributed by atoms with E-state index in [-0.39, 0.29) is 30.0 Å². The Morgan fingerprint density at radius 3 is 1.87 bits per heavy atom. The van der Waals surface area contributed by atoms with Gasteiger partial charge in [0.05, 0.1) is 5.56 Å². The predicted molar refractivity (Wildman–Crippen MR) is 99.1 cm³/mol. The molecule has 31 heavy (non-hydrogen) atoms. The van der Waals surface area contributed by atoms with Crippen LogP contribution in [0, 0.1) is 0 Å². The fraction of sp³-hybridized carbons (Fsp3) is 0.200. The second-order valence-electron chi connectivity index (χ2n) is 6.94. The Balaban J connectivity index is 1.57. The van der Waals surface area contributed by atoms with Crippen molar-refractivity contribution in [1.29, 1.82) is 0 Å². The van der Waals surface area contributed by atoms with E-state index in [0.717, 1.165) is 17.0 Å². The number of amides is 5. The highest BCUT2D eigenvalue weighted by atomic mass is 19.4. The summed E-state index contributed by atoms with van der Waals surface area (Å²) in [5.74, 6) is -1.83. The molecule has 0 saturated carbocycles. The van der Waals surface area contributed by atoms with Crippen molar-refractivity contribution in [3.8, 4) is 11.5 Å². The van der Waals surface area contributed by atoms with Crippen molar-refractivity contribution in [2.24, 2.45) is 0 Å². The third-order valence-corrected chi connectivity index (χ3v) is 5.05. The minimum atomic E-state index is -4.46. The molecule has 2 aromatic carbocycles. The molecule has 0 aliphatic carbocycles. The molecular weight excluding hydrogens is 419 g/mol. The summed E-state index contributed by atoms with van der Waals surface area (Å²) in [5.41, 5.74) is -2.46. The van der Waals surface area contributed by atoms with Crippen LogP contribution in [0.2, 0.25) is 0 Å².